The van der Waals surface area contributed by atoms with E-state index in [0.717, 1.165) is 49.8 Å². The lowest BCUT2D eigenvalue weighted by molar-refractivity contribution is -0.0336. The third-order valence-electron chi connectivity index (χ3n) is 6.91. The maximum absolute atomic E-state index is 11.6. The summed E-state index contributed by atoms with van der Waals surface area (Å²) >= 11 is 0. The molecule has 158 valence electrons. The van der Waals surface area contributed by atoms with Crippen molar-refractivity contribution in [3.63, 3.8) is 0 Å². The van der Waals surface area contributed by atoms with Crippen molar-refractivity contribution in [1.29, 1.82) is 0 Å². The molecule has 3 aliphatic rings. The van der Waals surface area contributed by atoms with Crippen LogP contribution in [0.15, 0.2) is 52.9 Å². The monoisotopic (exact) mass is 445 g/mol. The van der Waals surface area contributed by atoms with Gasteiger partial charge in [-0.15, -0.1) is 4.40 Å². The number of ether oxygens (including phenoxy) is 2. The minimum atomic E-state index is -4.03. The molecule has 2 aromatic carbocycles. The van der Waals surface area contributed by atoms with E-state index in [-0.39, 0.29) is 11.3 Å². The van der Waals surface area contributed by atoms with Crippen LogP contribution in [0.4, 0.5) is 0 Å². The van der Waals surface area contributed by atoms with Crippen LogP contribution in [-0.2, 0) is 32.4 Å². The SMILES string of the molecule is O=S(=O)(Cl)/N=C1/CC23CCCCC2(CCc2cccc(OCc4ccccc4)c23)O1. The minimum absolute atomic E-state index is 0.234. The molecule has 0 bridgehead atoms. The molecule has 2 aliphatic carbocycles. The molecule has 2 fully saturated rings. The molecule has 0 radical (unpaired) electrons. The second-order valence-corrected chi connectivity index (χ2v) is 10.7. The van der Waals surface area contributed by atoms with Crippen molar-refractivity contribution in [3.05, 3.63) is 65.2 Å². The van der Waals surface area contributed by atoms with Gasteiger partial charge in [-0.25, -0.2) is 0 Å². The van der Waals surface area contributed by atoms with E-state index in [2.05, 4.69) is 10.5 Å². The molecule has 7 heteroatoms. The molecule has 1 saturated heterocycles. The summed E-state index contributed by atoms with van der Waals surface area (Å²) in [6.45, 7) is 0.484. The average molecular weight is 446 g/mol. The van der Waals surface area contributed by atoms with E-state index >= 15 is 0 Å². The van der Waals surface area contributed by atoms with Gasteiger partial charge in [0, 0.05) is 28.1 Å². The molecule has 5 nitrogen and oxygen atoms in total. The largest absolute Gasteiger partial charge is 0.489 e. The van der Waals surface area contributed by atoms with Crippen molar-refractivity contribution >= 4 is 25.8 Å². The van der Waals surface area contributed by atoms with E-state index in [4.69, 9.17) is 20.2 Å². The van der Waals surface area contributed by atoms with Gasteiger partial charge in [-0.1, -0.05) is 48.9 Å². The maximum atomic E-state index is 11.6. The summed E-state index contributed by atoms with van der Waals surface area (Å²) in [4.78, 5) is 0. The van der Waals surface area contributed by atoms with E-state index in [1.165, 1.54) is 11.1 Å². The first kappa shape index (κ1) is 19.9. The van der Waals surface area contributed by atoms with Crippen LogP contribution < -0.4 is 4.74 Å². The Morgan fingerprint density at radius 2 is 1.83 bits per heavy atom. The van der Waals surface area contributed by atoms with E-state index in [1.54, 1.807) is 0 Å². The topological polar surface area (TPSA) is 65.0 Å². The van der Waals surface area contributed by atoms with Gasteiger partial charge < -0.3 is 9.47 Å². The van der Waals surface area contributed by atoms with Crippen molar-refractivity contribution in [3.8, 4) is 5.75 Å². The Bertz CT molecular complexity index is 1100. The van der Waals surface area contributed by atoms with Crippen LogP contribution >= 0.6 is 10.7 Å². The van der Waals surface area contributed by atoms with Crippen molar-refractivity contribution < 1.29 is 17.9 Å². The van der Waals surface area contributed by atoms with Gasteiger partial charge in [0.05, 0.1) is 0 Å². The van der Waals surface area contributed by atoms with Crippen LogP contribution in [0, 0.1) is 0 Å². The fourth-order valence-corrected chi connectivity index (χ4v) is 6.35. The fourth-order valence-electron chi connectivity index (χ4n) is 5.77. The van der Waals surface area contributed by atoms with Gasteiger partial charge in [0.2, 0.25) is 5.90 Å². The first-order valence-corrected chi connectivity index (χ1v) is 12.7. The normalized spacial score (nSPS) is 28.9. The van der Waals surface area contributed by atoms with E-state index in [9.17, 15) is 8.42 Å². The maximum Gasteiger partial charge on any atom is 0.342 e. The Labute approximate surface area is 181 Å². The molecule has 0 spiro atoms. The Morgan fingerprint density at radius 3 is 2.63 bits per heavy atom. The van der Waals surface area contributed by atoms with E-state index in [0.29, 0.717) is 13.0 Å². The van der Waals surface area contributed by atoms with Crippen LogP contribution in [0.25, 0.3) is 0 Å². The Kier molecular flexibility index (Phi) is 4.82. The van der Waals surface area contributed by atoms with Gasteiger partial charge in [-0.2, -0.15) is 8.42 Å². The summed E-state index contributed by atoms with van der Waals surface area (Å²) in [7, 11) is 1.40. The quantitative estimate of drug-likeness (QED) is 0.616. The zero-order chi connectivity index (χ0) is 20.8. The molecule has 5 rings (SSSR count). The smallest absolute Gasteiger partial charge is 0.342 e. The lowest BCUT2D eigenvalue weighted by Crippen LogP contribution is -2.54. The average Bonchev–Trinajstić information content (AvgIpc) is 3.05. The summed E-state index contributed by atoms with van der Waals surface area (Å²) in [5.74, 6) is 1.10. The Morgan fingerprint density at radius 1 is 1.03 bits per heavy atom. The molecular weight excluding hydrogens is 422 g/mol. The van der Waals surface area contributed by atoms with Gasteiger partial charge >= 0.3 is 9.24 Å². The predicted octanol–water partition coefficient (Wildman–Crippen LogP) is 5.06. The van der Waals surface area contributed by atoms with Gasteiger partial charge in [0.1, 0.15) is 18.0 Å². The molecule has 1 heterocycles. The highest BCUT2D eigenvalue weighted by molar-refractivity contribution is 8.12. The van der Waals surface area contributed by atoms with Crippen LogP contribution in [-0.4, -0.2) is 19.9 Å². The first-order chi connectivity index (χ1) is 14.4. The summed E-state index contributed by atoms with van der Waals surface area (Å²) in [6, 6.07) is 16.3. The van der Waals surface area contributed by atoms with Crippen LogP contribution in [0.2, 0.25) is 0 Å². The van der Waals surface area contributed by atoms with Crippen LogP contribution in [0.3, 0.4) is 0 Å². The second kappa shape index (κ2) is 7.27. The fraction of sp³-hybridized carbons (Fsp3) is 0.435. The number of aryl methyl sites for hydroxylation is 1. The van der Waals surface area contributed by atoms with Crippen molar-refractivity contribution in [2.24, 2.45) is 4.40 Å². The molecule has 1 aliphatic heterocycles. The van der Waals surface area contributed by atoms with Gasteiger partial charge in [0.25, 0.3) is 0 Å². The highest BCUT2D eigenvalue weighted by atomic mass is 35.7. The predicted molar refractivity (Wildman–Crippen MR) is 116 cm³/mol. The molecule has 1 saturated carbocycles. The van der Waals surface area contributed by atoms with Crippen molar-refractivity contribution in [2.45, 2.75) is 62.6 Å². The van der Waals surface area contributed by atoms with Crippen molar-refractivity contribution in [1.82, 2.24) is 0 Å². The minimum Gasteiger partial charge on any atom is -0.489 e. The van der Waals surface area contributed by atoms with Gasteiger partial charge in [-0.05, 0) is 49.3 Å². The Hall–Kier alpha value is -2.05. The molecule has 2 aromatic rings. The molecule has 2 atom stereocenters. The third-order valence-corrected chi connectivity index (χ3v) is 7.54. The number of hydrogen-bond donors (Lipinski definition) is 0. The van der Waals surface area contributed by atoms with Crippen molar-refractivity contribution in [2.75, 3.05) is 0 Å². The lowest BCUT2D eigenvalue weighted by atomic mass is 9.54. The number of hydrogen-bond acceptors (Lipinski definition) is 4. The zero-order valence-electron chi connectivity index (χ0n) is 16.6. The van der Waals surface area contributed by atoms with Gasteiger partial charge in [0.15, 0.2) is 0 Å². The van der Waals surface area contributed by atoms with Gasteiger partial charge in [-0.3, -0.25) is 0 Å². The molecular formula is C23H24ClNO4S. The molecule has 30 heavy (non-hydrogen) atoms. The number of halogens is 1. The zero-order valence-corrected chi connectivity index (χ0v) is 18.2. The molecule has 0 aromatic heterocycles. The Balaban J connectivity index is 1.59. The first-order valence-electron chi connectivity index (χ1n) is 10.4. The van der Waals surface area contributed by atoms with E-state index in [1.807, 2.05) is 42.5 Å². The summed E-state index contributed by atoms with van der Waals surface area (Å²) < 4.78 is 39.7. The number of nitrogens with zero attached hydrogens (tertiary/aromatic N) is 1. The molecule has 0 amide bonds. The summed E-state index contributed by atoms with van der Waals surface area (Å²) in [6.07, 6.45) is 6.11. The summed E-state index contributed by atoms with van der Waals surface area (Å²) in [5.41, 5.74) is 2.77. The third kappa shape index (κ3) is 3.30. The lowest BCUT2D eigenvalue weighted by Gasteiger charge is -2.51. The number of rotatable bonds is 4. The molecule has 0 N–H and O–H groups in total. The standard InChI is InChI=1S/C23H24ClNO4S/c24-30(26,27)25-20-15-22-12-4-5-13-23(22,29-20)14-11-18-9-6-10-19(21(18)22)28-16-17-7-2-1-3-8-17/h1-3,6-10H,4-5,11-16H2/b25-20-. The number of benzene rings is 2. The van der Waals surface area contributed by atoms with Crippen LogP contribution in [0.5, 0.6) is 5.75 Å². The highest BCUT2D eigenvalue weighted by Crippen LogP contribution is 2.62. The van der Waals surface area contributed by atoms with E-state index < -0.39 is 14.8 Å². The molecule has 2 unspecified atom stereocenters. The second-order valence-electron chi connectivity index (χ2n) is 8.52. The summed E-state index contributed by atoms with van der Waals surface area (Å²) in [5, 5.41) is 0. The van der Waals surface area contributed by atoms with Crippen LogP contribution in [0.1, 0.15) is 55.2 Å². The highest BCUT2D eigenvalue weighted by Gasteiger charge is 2.64. The number of fused-ring (bicyclic) bond motifs is 1.